The van der Waals surface area contributed by atoms with Gasteiger partial charge in [0.15, 0.2) is 49.9 Å². The Labute approximate surface area is 354 Å². The molecule has 0 spiro atoms. The summed E-state index contributed by atoms with van der Waals surface area (Å²) in [5, 5.41) is 0. The first-order valence-corrected chi connectivity index (χ1v) is 45.9. The molecule has 0 amide bonds. The Morgan fingerprint density at radius 1 is 0.389 bits per heavy atom. The molecule has 0 aliphatic carbocycles. The molecular weight excluding hydrogens is 805 g/mol. The maximum absolute atomic E-state index is 5.32. The molecule has 0 unspecified atom stereocenters. The van der Waals surface area contributed by atoms with Crippen molar-refractivity contribution in [3.05, 3.63) is 12.3 Å². The molecule has 7 nitrogen and oxygen atoms in total. The summed E-state index contributed by atoms with van der Waals surface area (Å²) in [6.07, 6.45) is 3.77. The van der Waals surface area contributed by atoms with Crippen molar-refractivity contribution >= 4 is 67.0 Å². The molecular formula is C39H110O7Si8. The van der Waals surface area contributed by atoms with E-state index in [1.54, 1.807) is 28.4 Å². The molecule has 0 aliphatic rings. The van der Waals surface area contributed by atoms with Crippen LogP contribution >= 0.6 is 0 Å². The van der Waals surface area contributed by atoms with Crippen molar-refractivity contribution in [1.82, 2.24) is 0 Å². The van der Waals surface area contributed by atoms with E-state index < -0.39 is 58.2 Å². The van der Waals surface area contributed by atoms with Crippen LogP contribution in [-0.4, -0.2) is 117 Å². The van der Waals surface area contributed by atoms with E-state index in [4.69, 9.17) is 31.0 Å². The molecule has 0 fully saturated rings. The van der Waals surface area contributed by atoms with Crippen LogP contribution in [0.5, 0.6) is 0 Å². The number of hydrogen-bond donors (Lipinski definition) is 0. The maximum atomic E-state index is 5.32. The van der Waals surface area contributed by atoms with Gasteiger partial charge in [-0.1, -0.05) is 72.8 Å². The third kappa shape index (κ3) is 105. The monoisotopic (exact) mass is 915 g/mol. The molecule has 54 heavy (non-hydrogen) atoms. The highest BCUT2D eigenvalue weighted by Crippen LogP contribution is 2.12. The summed E-state index contributed by atoms with van der Waals surface area (Å²) in [5.41, 5.74) is 1.91. The lowest BCUT2D eigenvalue weighted by Gasteiger charge is -2.17. The van der Waals surface area contributed by atoms with Crippen LogP contribution in [0.15, 0.2) is 12.3 Å². The van der Waals surface area contributed by atoms with Gasteiger partial charge in [-0.2, -0.15) is 0 Å². The van der Waals surface area contributed by atoms with E-state index in [1.165, 1.54) is 37.4 Å². The Morgan fingerprint density at radius 3 is 0.556 bits per heavy atom. The first kappa shape index (κ1) is 76.0. The van der Waals surface area contributed by atoms with E-state index >= 15 is 0 Å². The lowest BCUT2D eigenvalue weighted by atomic mass is 10.6. The second kappa shape index (κ2) is 42.3. The standard InChI is InChI=1S/3C6H16OSi.C5H12OSi.3C4H12OSi.C3H10Si.CH4/c3*1-5-6-8(3,4)7-2;1-5-7(3,4)6-2;3*1-5-6(2,3)4;1-4(2)3;/h3*5-6H2,1-4H3;5H,1H2,2-4H3;3*1-4H3;4H,1-3H3;1H4. The third-order valence-electron chi connectivity index (χ3n) is 7.07. The predicted molar refractivity (Wildman–Crippen MR) is 276 cm³/mol. The fraction of sp³-hybridized carbons (Fsp3) is 0.949. The van der Waals surface area contributed by atoms with E-state index in [9.17, 15) is 0 Å². The van der Waals surface area contributed by atoms with E-state index in [0.717, 1.165) is 0 Å². The summed E-state index contributed by atoms with van der Waals surface area (Å²) < 4.78 is 36.3. The van der Waals surface area contributed by atoms with Gasteiger partial charge in [-0.05, 0) is 129 Å². The summed E-state index contributed by atoms with van der Waals surface area (Å²) in [6.45, 7) is 54.3. The maximum Gasteiger partial charge on any atom is 0.209 e. The topological polar surface area (TPSA) is 64.6 Å². The molecule has 15 heteroatoms. The first-order valence-electron chi connectivity index (χ1n) is 19.9. The Morgan fingerprint density at radius 2 is 0.537 bits per heavy atom. The zero-order valence-corrected chi connectivity index (χ0v) is 50.6. The molecule has 0 saturated carbocycles. The number of hydrogen-bond acceptors (Lipinski definition) is 7. The van der Waals surface area contributed by atoms with Crippen LogP contribution < -0.4 is 0 Å². The molecule has 0 saturated heterocycles. The smallest absolute Gasteiger partial charge is 0.209 e. The van der Waals surface area contributed by atoms with Crippen molar-refractivity contribution in [3.8, 4) is 0 Å². The fourth-order valence-electron chi connectivity index (χ4n) is 2.20. The SMILES string of the molecule is C.C=C[Si](C)(C)OC.CCC[Si](C)(C)OC.CCC[Si](C)(C)OC.CCC[Si](C)(C)OC.CO[Si](C)(C)C.CO[Si](C)(C)C.CO[Si](C)(C)C.C[SiH](C)C. The van der Waals surface area contributed by atoms with Gasteiger partial charge < -0.3 is 31.0 Å². The van der Waals surface area contributed by atoms with Crippen molar-refractivity contribution < 1.29 is 31.0 Å². The normalized spacial score (nSPS) is 11.5. The van der Waals surface area contributed by atoms with Crippen molar-refractivity contribution in [1.29, 1.82) is 0 Å². The van der Waals surface area contributed by atoms with Crippen molar-refractivity contribution in [2.24, 2.45) is 0 Å². The Kier molecular flexibility index (Phi) is 59.5. The summed E-state index contributed by atoms with van der Waals surface area (Å²) >= 11 is 0. The number of rotatable bonds is 14. The molecule has 0 aromatic rings. The van der Waals surface area contributed by atoms with Gasteiger partial charge in [0.2, 0.25) is 8.32 Å². The van der Waals surface area contributed by atoms with Gasteiger partial charge in [0.25, 0.3) is 0 Å². The molecule has 0 aromatic heterocycles. The lowest BCUT2D eigenvalue weighted by Crippen LogP contribution is -2.27. The van der Waals surface area contributed by atoms with Crippen molar-refractivity contribution in [2.45, 2.75) is 197 Å². The minimum atomic E-state index is -1.39. The second-order valence-corrected chi connectivity index (χ2v) is 53.5. The van der Waals surface area contributed by atoms with Crippen LogP contribution in [0.1, 0.15) is 47.5 Å². The Bertz CT molecular complexity index is 657. The van der Waals surface area contributed by atoms with Crippen LogP contribution in [0.2, 0.25) is 149 Å². The van der Waals surface area contributed by atoms with E-state index in [2.05, 4.69) is 158 Å². The lowest BCUT2D eigenvalue weighted by molar-refractivity contribution is 0.402. The van der Waals surface area contributed by atoms with Gasteiger partial charge in [0, 0.05) is 58.6 Å². The highest BCUT2D eigenvalue weighted by Gasteiger charge is 2.19. The van der Waals surface area contributed by atoms with Gasteiger partial charge in [0.1, 0.15) is 0 Å². The van der Waals surface area contributed by atoms with E-state index in [0.29, 0.717) is 0 Å². The Hall–Kier alpha value is 1.20. The van der Waals surface area contributed by atoms with Gasteiger partial charge >= 0.3 is 0 Å². The van der Waals surface area contributed by atoms with Gasteiger partial charge in [-0.15, -0.1) is 6.58 Å². The first-order chi connectivity index (χ1) is 23.4. The molecule has 340 valence electrons. The Balaban J connectivity index is -0.0000000615. The summed E-state index contributed by atoms with van der Waals surface area (Å²) in [5.74, 6) is 0. The highest BCUT2D eigenvalue weighted by atomic mass is 28.4. The van der Waals surface area contributed by atoms with Crippen molar-refractivity contribution in [3.63, 3.8) is 0 Å². The van der Waals surface area contributed by atoms with Crippen molar-refractivity contribution in [2.75, 3.05) is 49.8 Å². The predicted octanol–water partition coefficient (Wildman–Crippen LogP) is 14.4. The summed E-state index contributed by atoms with van der Waals surface area (Å²) in [7, 11) is 4.05. The minimum absolute atomic E-state index is 0. The van der Waals surface area contributed by atoms with Crippen LogP contribution in [0.3, 0.4) is 0 Å². The molecule has 0 aliphatic heterocycles. The largest absolute Gasteiger partial charge is 0.421 e. The molecule has 0 bridgehead atoms. The van der Waals surface area contributed by atoms with Crippen LogP contribution in [0, 0.1) is 0 Å². The van der Waals surface area contributed by atoms with Gasteiger partial charge in [-0.3, -0.25) is 0 Å². The molecule has 0 heterocycles. The summed E-state index contributed by atoms with van der Waals surface area (Å²) in [6, 6.07) is 3.84. The van der Waals surface area contributed by atoms with Gasteiger partial charge in [-0.25, -0.2) is 0 Å². The molecule has 0 atom stereocenters. The average Bonchev–Trinajstić information content (AvgIpc) is 3.01. The molecule has 0 radical (unpaired) electrons. The molecule has 0 rings (SSSR count). The zero-order valence-electron chi connectivity index (χ0n) is 42.5. The highest BCUT2D eigenvalue weighted by molar-refractivity contribution is 6.76. The van der Waals surface area contributed by atoms with Crippen LogP contribution in [0.4, 0.5) is 0 Å². The minimum Gasteiger partial charge on any atom is -0.421 e. The van der Waals surface area contributed by atoms with E-state index in [-0.39, 0.29) is 16.2 Å². The fourth-order valence-corrected chi connectivity index (χ4v) is 6.59. The van der Waals surface area contributed by atoms with Crippen LogP contribution in [0.25, 0.3) is 0 Å². The quantitative estimate of drug-likeness (QED) is 0.161. The molecule has 0 N–H and O–H groups in total. The summed E-state index contributed by atoms with van der Waals surface area (Å²) in [4.78, 5) is 0. The van der Waals surface area contributed by atoms with Gasteiger partial charge in [0.05, 0.1) is 0 Å². The molecule has 0 aromatic carbocycles. The average molecular weight is 916 g/mol. The second-order valence-electron chi connectivity index (χ2n) is 18.8. The van der Waals surface area contributed by atoms with E-state index in [1.807, 2.05) is 27.0 Å². The third-order valence-corrected chi connectivity index (χ3v) is 21.2. The van der Waals surface area contributed by atoms with Crippen LogP contribution in [-0.2, 0) is 31.0 Å². The zero-order chi connectivity index (χ0) is 45.0.